The third kappa shape index (κ3) is 2.52. The molecule has 80 valence electrons. The number of carboxylic acid groups (broad SMARTS) is 1. The molecule has 0 radical (unpaired) electrons. The number of piperidine rings is 1. The first-order chi connectivity index (χ1) is 6.52. The monoisotopic (exact) mass is 200 g/mol. The Morgan fingerprint density at radius 1 is 1.57 bits per heavy atom. The molecule has 0 aliphatic carbocycles. The van der Waals surface area contributed by atoms with Crippen LogP contribution in [0, 0.1) is 5.92 Å². The fraction of sp³-hybridized carbons (Fsp3) is 0.778. The molecule has 0 spiro atoms. The summed E-state index contributed by atoms with van der Waals surface area (Å²) in [7, 11) is 1.92. The minimum atomic E-state index is -1.36. The average Bonchev–Trinajstić information content (AvgIpc) is 2.15. The maximum Gasteiger partial charge on any atom is 0.328 e. The maximum atomic E-state index is 11.6. The highest BCUT2D eigenvalue weighted by atomic mass is 16.4. The number of nitrogens with zero attached hydrogens (tertiary/aromatic N) is 1. The molecule has 14 heavy (non-hydrogen) atoms. The van der Waals surface area contributed by atoms with Crippen molar-refractivity contribution in [3.63, 3.8) is 0 Å². The molecule has 2 atom stereocenters. The Morgan fingerprint density at radius 2 is 2.21 bits per heavy atom. The van der Waals surface area contributed by atoms with Crippen molar-refractivity contribution in [1.82, 2.24) is 4.90 Å². The summed E-state index contributed by atoms with van der Waals surface area (Å²) >= 11 is 0. The number of likely N-dealkylation sites (tertiary alicyclic amines) is 1. The Morgan fingerprint density at radius 3 is 2.71 bits per heavy atom. The Labute approximate surface area is 82.9 Å². The summed E-state index contributed by atoms with van der Waals surface area (Å²) in [4.78, 5) is 24.1. The lowest BCUT2D eigenvalue weighted by atomic mass is 9.90. The number of rotatable bonds is 3. The highest BCUT2D eigenvalue weighted by Crippen LogP contribution is 2.16. The molecule has 1 saturated heterocycles. The van der Waals surface area contributed by atoms with Crippen LogP contribution in [0.5, 0.6) is 0 Å². The SMILES string of the molecule is CN1CCCC(C(=O)C(N)C(=O)O)C1. The predicted octanol–water partition coefficient (Wildman–Crippen LogP) is -0.691. The highest BCUT2D eigenvalue weighted by molar-refractivity contribution is 6.03. The van der Waals surface area contributed by atoms with Crippen LogP contribution in [0.4, 0.5) is 0 Å². The lowest BCUT2D eigenvalue weighted by Crippen LogP contribution is -2.46. The van der Waals surface area contributed by atoms with Crippen molar-refractivity contribution >= 4 is 11.8 Å². The van der Waals surface area contributed by atoms with E-state index in [1.807, 2.05) is 11.9 Å². The van der Waals surface area contributed by atoms with Crippen molar-refractivity contribution in [3.05, 3.63) is 0 Å². The molecule has 1 rings (SSSR count). The van der Waals surface area contributed by atoms with Crippen molar-refractivity contribution in [2.45, 2.75) is 18.9 Å². The Bertz CT molecular complexity index is 242. The number of hydrogen-bond donors (Lipinski definition) is 2. The van der Waals surface area contributed by atoms with E-state index in [2.05, 4.69) is 0 Å². The Hall–Kier alpha value is -0.940. The molecule has 1 aliphatic rings. The van der Waals surface area contributed by atoms with Gasteiger partial charge in [0.15, 0.2) is 11.8 Å². The van der Waals surface area contributed by atoms with Crippen molar-refractivity contribution < 1.29 is 14.7 Å². The zero-order valence-electron chi connectivity index (χ0n) is 8.27. The first kappa shape index (κ1) is 11.1. The molecule has 3 N–H and O–H groups in total. The molecular weight excluding hydrogens is 184 g/mol. The first-order valence-corrected chi connectivity index (χ1v) is 4.73. The Kier molecular flexibility index (Phi) is 3.60. The van der Waals surface area contributed by atoms with Crippen LogP contribution in [0.15, 0.2) is 0 Å². The van der Waals surface area contributed by atoms with E-state index in [0.29, 0.717) is 6.54 Å². The zero-order valence-corrected chi connectivity index (χ0v) is 8.27. The lowest BCUT2D eigenvalue weighted by Gasteiger charge is -2.29. The minimum Gasteiger partial charge on any atom is -0.480 e. The number of nitrogens with two attached hydrogens (primary N) is 1. The van der Waals surface area contributed by atoms with Gasteiger partial charge in [0.25, 0.3) is 0 Å². The highest BCUT2D eigenvalue weighted by Gasteiger charge is 2.31. The first-order valence-electron chi connectivity index (χ1n) is 4.73. The van der Waals surface area contributed by atoms with Gasteiger partial charge in [-0.2, -0.15) is 0 Å². The van der Waals surface area contributed by atoms with Crippen molar-refractivity contribution in [2.75, 3.05) is 20.1 Å². The van der Waals surface area contributed by atoms with Gasteiger partial charge in [0.2, 0.25) is 0 Å². The number of ketones is 1. The summed E-state index contributed by atoms with van der Waals surface area (Å²) in [6.07, 6.45) is 1.68. The predicted molar refractivity (Wildman–Crippen MR) is 50.8 cm³/mol. The van der Waals surface area contributed by atoms with Gasteiger partial charge in [-0.15, -0.1) is 0 Å². The molecule has 0 aromatic rings. The molecule has 1 fully saturated rings. The van der Waals surface area contributed by atoms with E-state index in [4.69, 9.17) is 10.8 Å². The second-order valence-corrected chi connectivity index (χ2v) is 3.82. The van der Waals surface area contributed by atoms with Crippen molar-refractivity contribution in [2.24, 2.45) is 11.7 Å². The molecule has 5 nitrogen and oxygen atoms in total. The number of aliphatic carboxylic acids is 1. The topological polar surface area (TPSA) is 83.6 Å². The fourth-order valence-electron chi connectivity index (χ4n) is 1.77. The van der Waals surface area contributed by atoms with E-state index >= 15 is 0 Å². The van der Waals surface area contributed by atoms with Gasteiger partial charge >= 0.3 is 5.97 Å². The summed E-state index contributed by atoms with van der Waals surface area (Å²) in [6.45, 7) is 1.59. The second-order valence-electron chi connectivity index (χ2n) is 3.82. The smallest absolute Gasteiger partial charge is 0.328 e. The van der Waals surface area contributed by atoms with Gasteiger partial charge in [-0.1, -0.05) is 0 Å². The maximum absolute atomic E-state index is 11.6. The van der Waals surface area contributed by atoms with Crippen molar-refractivity contribution in [3.8, 4) is 0 Å². The quantitative estimate of drug-likeness (QED) is 0.589. The molecular formula is C9H16N2O3. The third-order valence-electron chi connectivity index (χ3n) is 2.60. The van der Waals surface area contributed by atoms with Crippen LogP contribution in [0.1, 0.15) is 12.8 Å². The van der Waals surface area contributed by atoms with E-state index in [1.165, 1.54) is 0 Å². The number of carbonyl (C=O) groups is 2. The van der Waals surface area contributed by atoms with Crippen LogP contribution >= 0.6 is 0 Å². The van der Waals surface area contributed by atoms with Gasteiger partial charge < -0.3 is 15.7 Å². The Balaban J connectivity index is 2.55. The zero-order chi connectivity index (χ0) is 10.7. The normalized spacial score (nSPS) is 25.7. The minimum absolute atomic E-state index is 0.208. The molecule has 0 aromatic heterocycles. The molecule has 2 unspecified atom stereocenters. The summed E-state index contributed by atoms with van der Waals surface area (Å²) in [6, 6.07) is -1.36. The van der Waals surface area contributed by atoms with E-state index < -0.39 is 12.0 Å². The molecule has 0 aromatic carbocycles. The van der Waals surface area contributed by atoms with Crippen LogP contribution in [-0.4, -0.2) is 47.9 Å². The van der Waals surface area contributed by atoms with Crippen LogP contribution in [0.25, 0.3) is 0 Å². The third-order valence-corrected chi connectivity index (χ3v) is 2.60. The van der Waals surface area contributed by atoms with E-state index in [9.17, 15) is 9.59 Å². The van der Waals surface area contributed by atoms with Crippen LogP contribution < -0.4 is 5.73 Å². The average molecular weight is 200 g/mol. The van der Waals surface area contributed by atoms with E-state index in [0.717, 1.165) is 19.4 Å². The van der Waals surface area contributed by atoms with Gasteiger partial charge in [-0.3, -0.25) is 9.59 Å². The number of Topliss-reactive ketones (excluding diaryl/α,β-unsaturated/α-hetero) is 1. The fourth-order valence-corrected chi connectivity index (χ4v) is 1.77. The van der Waals surface area contributed by atoms with Crippen molar-refractivity contribution in [1.29, 1.82) is 0 Å². The van der Waals surface area contributed by atoms with Crippen LogP contribution in [0.3, 0.4) is 0 Å². The molecule has 1 aliphatic heterocycles. The van der Waals surface area contributed by atoms with Crippen LogP contribution in [0.2, 0.25) is 0 Å². The van der Waals surface area contributed by atoms with Gasteiger partial charge in [0.05, 0.1) is 0 Å². The second kappa shape index (κ2) is 4.52. The summed E-state index contributed by atoms with van der Waals surface area (Å²) in [5.41, 5.74) is 5.27. The van der Waals surface area contributed by atoms with Gasteiger partial charge in [0.1, 0.15) is 0 Å². The standard InChI is InChI=1S/C9H16N2O3/c1-11-4-2-3-6(5-11)8(12)7(10)9(13)14/h6-7H,2-5,10H2,1H3,(H,13,14). The molecule has 1 heterocycles. The van der Waals surface area contributed by atoms with Crippen LogP contribution in [-0.2, 0) is 9.59 Å². The van der Waals surface area contributed by atoms with E-state index in [1.54, 1.807) is 0 Å². The van der Waals surface area contributed by atoms with Gasteiger partial charge in [0, 0.05) is 12.5 Å². The lowest BCUT2D eigenvalue weighted by molar-refractivity contribution is -0.143. The van der Waals surface area contributed by atoms with Gasteiger partial charge in [-0.25, -0.2) is 0 Å². The van der Waals surface area contributed by atoms with Gasteiger partial charge in [-0.05, 0) is 26.4 Å². The number of carboxylic acids is 1. The molecule has 0 saturated carbocycles. The molecule has 5 heteroatoms. The summed E-state index contributed by atoms with van der Waals surface area (Å²) in [5.74, 6) is -1.79. The van der Waals surface area contributed by atoms with E-state index in [-0.39, 0.29) is 11.7 Å². The largest absolute Gasteiger partial charge is 0.480 e. The number of carbonyl (C=O) groups excluding carboxylic acids is 1. The number of hydrogen-bond acceptors (Lipinski definition) is 4. The summed E-state index contributed by atoms with van der Waals surface area (Å²) in [5, 5.41) is 8.59. The summed E-state index contributed by atoms with van der Waals surface area (Å²) < 4.78 is 0. The molecule has 0 amide bonds. The molecule has 0 bridgehead atoms.